The molecule has 4 nitrogen and oxygen atoms in total. The van der Waals surface area contributed by atoms with Crippen molar-refractivity contribution < 1.29 is 4.79 Å². The molecule has 1 aliphatic heterocycles. The van der Waals surface area contributed by atoms with Gasteiger partial charge in [-0.3, -0.25) is 4.79 Å². The van der Waals surface area contributed by atoms with Crippen LogP contribution < -0.4 is 0 Å². The van der Waals surface area contributed by atoms with E-state index in [4.69, 9.17) is 0 Å². The fraction of sp³-hybridized carbons (Fsp3) is 0.385. The van der Waals surface area contributed by atoms with E-state index in [1.54, 1.807) is 22.7 Å². The predicted molar refractivity (Wildman–Crippen MR) is 78.8 cm³/mol. The predicted octanol–water partition coefficient (Wildman–Crippen LogP) is 2.26. The Bertz CT molecular complexity index is 556. The molecule has 0 N–H and O–H groups in total. The van der Waals surface area contributed by atoms with Crippen LogP contribution >= 0.6 is 22.7 Å². The van der Waals surface area contributed by atoms with Crippen LogP contribution in [0.3, 0.4) is 0 Å². The first-order valence-corrected chi connectivity index (χ1v) is 7.97. The fourth-order valence-electron chi connectivity index (χ4n) is 2.06. The van der Waals surface area contributed by atoms with Gasteiger partial charge in [-0.05, 0) is 18.5 Å². The van der Waals surface area contributed by atoms with Crippen LogP contribution in [0.25, 0.3) is 9.88 Å². The SMILES string of the molecule is CN1CCN(C(=O)c2csc(-c3cccs3)n2)CC1. The number of hydrogen-bond acceptors (Lipinski definition) is 5. The summed E-state index contributed by atoms with van der Waals surface area (Å²) in [6.45, 7) is 3.46. The van der Waals surface area contributed by atoms with Gasteiger partial charge in [-0.2, -0.15) is 0 Å². The minimum Gasteiger partial charge on any atom is -0.335 e. The van der Waals surface area contributed by atoms with Gasteiger partial charge in [0.2, 0.25) is 0 Å². The number of thiazole rings is 1. The molecule has 19 heavy (non-hydrogen) atoms. The van der Waals surface area contributed by atoms with Crippen LogP contribution in [0.2, 0.25) is 0 Å². The Morgan fingerprint density at radius 3 is 2.74 bits per heavy atom. The van der Waals surface area contributed by atoms with Gasteiger partial charge in [0, 0.05) is 31.6 Å². The van der Waals surface area contributed by atoms with Gasteiger partial charge in [0.05, 0.1) is 4.88 Å². The number of piperazine rings is 1. The van der Waals surface area contributed by atoms with Gasteiger partial charge < -0.3 is 9.80 Å². The molecule has 100 valence electrons. The van der Waals surface area contributed by atoms with E-state index in [0.29, 0.717) is 5.69 Å². The lowest BCUT2D eigenvalue weighted by molar-refractivity contribution is 0.0659. The van der Waals surface area contributed by atoms with Gasteiger partial charge in [0.25, 0.3) is 5.91 Å². The number of likely N-dealkylation sites (N-methyl/N-ethyl adjacent to an activating group) is 1. The van der Waals surface area contributed by atoms with Crippen LogP contribution in [0.1, 0.15) is 10.5 Å². The van der Waals surface area contributed by atoms with Crippen LogP contribution in [0.5, 0.6) is 0 Å². The molecule has 3 heterocycles. The van der Waals surface area contributed by atoms with E-state index in [2.05, 4.69) is 16.9 Å². The Kier molecular flexibility index (Phi) is 3.63. The van der Waals surface area contributed by atoms with Crippen molar-refractivity contribution in [3.05, 3.63) is 28.6 Å². The molecule has 1 aliphatic rings. The number of amides is 1. The third kappa shape index (κ3) is 2.70. The summed E-state index contributed by atoms with van der Waals surface area (Å²) in [6, 6.07) is 4.04. The molecule has 0 saturated carbocycles. The molecule has 2 aromatic heterocycles. The van der Waals surface area contributed by atoms with Crippen molar-refractivity contribution in [2.75, 3.05) is 33.2 Å². The second-order valence-electron chi connectivity index (χ2n) is 4.61. The van der Waals surface area contributed by atoms with Gasteiger partial charge in [0.1, 0.15) is 10.7 Å². The van der Waals surface area contributed by atoms with Gasteiger partial charge in [-0.1, -0.05) is 6.07 Å². The van der Waals surface area contributed by atoms with Crippen molar-refractivity contribution >= 4 is 28.6 Å². The first-order chi connectivity index (χ1) is 9.24. The van der Waals surface area contributed by atoms with E-state index >= 15 is 0 Å². The number of hydrogen-bond donors (Lipinski definition) is 0. The molecule has 3 rings (SSSR count). The monoisotopic (exact) mass is 293 g/mol. The Morgan fingerprint density at radius 2 is 2.05 bits per heavy atom. The minimum atomic E-state index is 0.0622. The van der Waals surface area contributed by atoms with Crippen molar-refractivity contribution in [3.63, 3.8) is 0 Å². The summed E-state index contributed by atoms with van der Waals surface area (Å²) in [5.74, 6) is 0.0622. The van der Waals surface area contributed by atoms with Crippen molar-refractivity contribution in [2.45, 2.75) is 0 Å². The summed E-state index contributed by atoms with van der Waals surface area (Å²) in [7, 11) is 2.08. The third-order valence-electron chi connectivity index (χ3n) is 3.25. The number of aromatic nitrogens is 1. The van der Waals surface area contributed by atoms with Crippen LogP contribution in [-0.4, -0.2) is 53.9 Å². The average molecular weight is 293 g/mol. The van der Waals surface area contributed by atoms with Crippen molar-refractivity contribution in [1.82, 2.24) is 14.8 Å². The van der Waals surface area contributed by atoms with Gasteiger partial charge in [0.15, 0.2) is 0 Å². The second-order valence-corrected chi connectivity index (χ2v) is 6.42. The maximum atomic E-state index is 12.3. The van der Waals surface area contributed by atoms with Crippen molar-refractivity contribution in [1.29, 1.82) is 0 Å². The largest absolute Gasteiger partial charge is 0.335 e. The molecule has 6 heteroatoms. The van der Waals surface area contributed by atoms with Crippen LogP contribution in [0, 0.1) is 0 Å². The maximum absolute atomic E-state index is 12.3. The summed E-state index contributed by atoms with van der Waals surface area (Å²) < 4.78 is 0. The second kappa shape index (κ2) is 5.40. The quantitative estimate of drug-likeness (QED) is 0.852. The number of carbonyl (C=O) groups excluding carboxylic acids is 1. The number of rotatable bonds is 2. The zero-order valence-electron chi connectivity index (χ0n) is 10.7. The summed E-state index contributed by atoms with van der Waals surface area (Å²) in [6.07, 6.45) is 0. The zero-order valence-corrected chi connectivity index (χ0v) is 12.3. The van der Waals surface area contributed by atoms with E-state index < -0.39 is 0 Å². The molecule has 0 spiro atoms. The van der Waals surface area contributed by atoms with Crippen molar-refractivity contribution in [3.8, 4) is 9.88 Å². The van der Waals surface area contributed by atoms with E-state index in [1.807, 2.05) is 27.8 Å². The maximum Gasteiger partial charge on any atom is 0.273 e. The summed E-state index contributed by atoms with van der Waals surface area (Å²) >= 11 is 3.19. The van der Waals surface area contributed by atoms with Gasteiger partial charge in [-0.25, -0.2) is 4.98 Å². The Balaban J connectivity index is 1.74. The number of thiophene rings is 1. The average Bonchev–Trinajstić information content (AvgIpc) is 3.10. The number of carbonyl (C=O) groups is 1. The first kappa shape index (κ1) is 12.8. The van der Waals surface area contributed by atoms with E-state index in [9.17, 15) is 4.79 Å². The topological polar surface area (TPSA) is 36.4 Å². The molecular formula is C13H15N3OS2. The lowest BCUT2D eigenvalue weighted by Gasteiger charge is -2.31. The van der Waals surface area contributed by atoms with Crippen LogP contribution in [-0.2, 0) is 0 Å². The molecule has 0 radical (unpaired) electrons. The number of nitrogens with zero attached hydrogens (tertiary/aromatic N) is 3. The lowest BCUT2D eigenvalue weighted by atomic mass is 10.3. The van der Waals surface area contributed by atoms with Gasteiger partial charge in [-0.15, -0.1) is 22.7 Å². The Morgan fingerprint density at radius 1 is 1.26 bits per heavy atom. The molecular weight excluding hydrogens is 278 g/mol. The molecule has 2 aromatic rings. The normalized spacial score (nSPS) is 16.8. The molecule has 1 fully saturated rings. The van der Waals surface area contributed by atoms with E-state index in [1.165, 1.54) is 0 Å². The highest BCUT2D eigenvalue weighted by Gasteiger charge is 2.22. The van der Waals surface area contributed by atoms with Gasteiger partial charge >= 0.3 is 0 Å². The highest BCUT2D eigenvalue weighted by atomic mass is 32.1. The molecule has 1 amide bonds. The highest BCUT2D eigenvalue weighted by Crippen LogP contribution is 2.28. The molecule has 1 saturated heterocycles. The van der Waals surface area contributed by atoms with Crippen LogP contribution in [0.4, 0.5) is 0 Å². The van der Waals surface area contributed by atoms with E-state index in [0.717, 1.165) is 36.1 Å². The molecule has 0 aliphatic carbocycles. The first-order valence-electron chi connectivity index (χ1n) is 6.21. The minimum absolute atomic E-state index is 0.0622. The van der Waals surface area contributed by atoms with Crippen molar-refractivity contribution in [2.24, 2.45) is 0 Å². The molecule has 0 aromatic carbocycles. The summed E-state index contributed by atoms with van der Waals surface area (Å²) in [5.41, 5.74) is 0.581. The summed E-state index contributed by atoms with van der Waals surface area (Å²) in [5, 5.41) is 4.83. The standard InChI is InChI=1S/C13H15N3OS2/c1-15-4-6-16(7-5-15)13(17)10-9-19-12(14-10)11-3-2-8-18-11/h2-3,8-9H,4-7H2,1H3. The third-order valence-corrected chi connectivity index (χ3v) is 5.13. The fourth-order valence-corrected chi connectivity index (χ4v) is 3.66. The highest BCUT2D eigenvalue weighted by molar-refractivity contribution is 7.20. The summed E-state index contributed by atoms with van der Waals surface area (Å²) in [4.78, 5) is 22.1. The van der Waals surface area contributed by atoms with E-state index in [-0.39, 0.29) is 5.91 Å². The lowest BCUT2D eigenvalue weighted by Crippen LogP contribution is -2.47. The Hall–Kier alpha value is -1.24. The Labute approximate surface area is 120 Å². The molecule has 0 unspecified atom stereocenters. The zero-order chi connectivity index (χ0) is 13.2. The van der Waals surface area contributed by atoms with Crippen LogP contribution in [0.15, 0.2) is 22.9 Å². The smallest absolute Gasteiger partial charge is 0.273 e. The molecule has 0 bridgehead atoms. The molecule has 0 atom stereocenters.